The van der Waals surface area contributed by atoms with Gasteiger partial charge in [-0.25, -0.2) is 0 Å². The van der Waals surface area contributed by atoms with Gasteiger partial charge in [0.1, 0.15) is 0 Å². The molecule has 0 bridgehead atoms. The van der Waals surface area contributed by atoms with E-state index in [9.17, 15) is 4.79 Å². The van der Waals surface area contributed by atoms with E-state index in [-0.39, 0.29) is 5.91 Å². The summed E-state index contributed by atoms with van der Waals surface area (Å²) in [6, 6.07) is 14.7. The third kappa shape index (κ3) is 2.80. The molecule has 1 aromatic heterocycles. The summed E-state index contributed by atoms with van der Waals surface area (Å²) in [6.45, 7) is 0. The molecule has 1 amide bonds. The molecule has 1 heterocycles. The molecular formula is C15H9Cl2NOS. The molecule has 0 aliphatic rings. The molecule has 20 heavy (non-hydrogen) atoms. The SMILES string of the molecule is O=C(Nc1cc(Cl)cc(Cl)c1)c1cc2ccccc2s1. The van der Waals surface area contributed by atoms with E-state index in [0.29, 0.717) is 20.6 Å². The van der Waals surface area contributed by atoms with Crippen LogP contribution in [-0.2, 0) is 0 Å². The molecule has 0 unspecified atom stereocenters. The second-order valence-corrected chi connectivity index (χ2v) is 6.22. The van der Waals surface area contributed by atoms with Gasteiger partial charge in [-0.05, 0) is 35.7 Å². The lowest BCUT2D eigenvalue weighted by atomic mass is 10.2. The Hall–Kier alpha value is -1.55. The number of rotatable bonds is 2. The number of thiophene rings is 1. The van der Waals surface area contributed by atoms with Gasteiger partial charge in [-0.3, -0.25) is 4.79 Å². The van der Waals surface area contributed by atoms with Crippen LogP contribution in [-0.4, -0.2) is 5.91 Å². The number of hydrogen-bond donors (Lipinski definition) is 1. The molecule has 0 aliphatic carbocycles. The van der Waals surface area contributed by atoms with Gasteiger partial charge in [0.05, 0.1) is 4.88 Å². The van der Waals surface area contributed by atoms with Gasteiger partial charge in [0.15, 0.2) is 0 Å². The standard InChI is InChI=1S/C15H9Cl2NOS/c16-10-6-11(17)8-12(7-10)18-15(19)14-5-9-3-1-2-4-13(9)20-14/h1-8H,(H,18,19). The zero-order valence-corrected chi connectivity index (χ0v) is 12.5. The highest BCUT2D eigenvalue weighted by Gasteiger charge is 2.11. The molecule has 5 heteroatoms. The Labute approximate surface area is 129 Å². The summed E-state index contributed by atoms with van der Waals surface area (Å²) in [5.74, 6) is -0.162. The highest BCUT2D eigenvalue weighted by atomic mass is 35.5. The first-order chi connectivity index (χ1) is 9.61. The summed E-state index contributed by atoms with van der Waals surface area (Å²) >= 11 is 13.3. The monoisotopic (exact) mass is 321 g/mol. The maximum atomic E-state index is 12.2. The van der Waals surface area contributed by atoms with Crippen molar-refractivity contribution >= 4 is 56.2 Å². The normalized spacial score (nSPS) is 10.7. The summed E-state index contributed by atoms with van der Waals surface area (Å²) in [5.41, 5.74) is 0.588. The van der Waals surface area contributed by atoms with E-state index in [2.05, 4.69) is 5.32 Å². The van der Waals surface area contributed by atoms with Crippen molar-refractivity contribution in [2.75, 3.05) is 5.32 Å². The van der Waals surface area contributed by atoms with Crippen molar-refractivity contribution in [3.63, 3.8) is 0 Å². The minimum atomic E-state index is -0.162. The number of amides is 1. The summed E-state index contributed by atoms with van der Waals surface area (Å²) < 4.78 is 1.08. The summed E-state index contributed by atoms with van der Waals surface area (Å²) in [5, 5.41) is 4.85. The molecule has 100 valence electrons. The van der Waals surface area contributed by atoms with Crippen LogP contribution < -0.4 is 5.32 Å². The lowest BCUT2D eigenvalue weighted by Gasteiger charge is -2.04. The van der Waals surface area contributed by atoms with Crippen molar-refractivity contribution in [2.45, 2.75) is 0 Å². The molecule has 1 N–H and O–H groups in total. The number of anilines is 1. The van der Waals surface area contributed by atoms with Crippen LogP contribution in [0.3, 0.4) is 0 Å². The average Bonchev–Trinajstić information content (AvgIpc) is 2.81. The molecule has 0 saturated carbocycles. The molecule has 0 spiro atoms. The first kappa shape index (κ1) is 13.4. The van der Waals surface area contributed by atoms with Crippen molar-refractivity contribution in [1.82, 2.24) is 0 Å². The molecular weight excluding hydrogens is 313 g/mol. The largest absolute Gasteiger partial charge is 0.321 e. The lowest BCUT2D eigenvalue weighted by Crippen LogP contribution is -2.09. The van der Waals surface area contributed by atoms with E-state index in [4.69, 9.17) is 23.2 Å². The zero-order chi connectivity index (χ0) is 14.1. The Bertz CT molecular complexity index is 744. The molecule has 2 aromatic carbocycles. The van der Waals surface area contributed by atoms with E-state index < -0.39 is 0 Å². The van der Waals surface area contributed by atoms with Crippen LogP contribution in [0.1, 0.15) is 9.67 Å². The smallest absolute Gasteiger partial charge is 0.265 e. The van der Waals surface area contributed by atoms with Gasteiger partial charge in [0.25, 0.3) is 5.91 Å². The van der Waals surface area contributed by atoms with Crippen molar-refractivity contribution in [3.8, 4) is 0 Å². The fourth-order valence-electron chi connectivity index (χ4n) is 1.91. The van der Waals surface area contributed by atoms with Crippen molar-refractivity contribution in [2.24, 2.45) is 0 Å². The van der Waals surface area contributed by atoms with E-state index in [1.807, 2.05) is 30.3 Å². The first-order valence-electron chi connectivity index (χ1n) is 5.88. The van der Waals surface area contributed by atoms with E-state index >= 15 is 0 Å². The molecule has 0 radical (unpaired) electrons. The Morgan fingerprint density at radius 1 is 1.00 bits per heavy atom. The van der Waals surface area contributed by atoms with E-state index in [0.717, 1.165) is 10.1 Å². The molecule has 2 nitrogen and oxygen atoms in total. The van der Waals surface area contributed by atoms with Gasteiger partial charge in [-0.1, -0.05) is 41.4 Å². The Morgan fingerprint density at radius 3 is 2.40 bits per heavy atom. The van der Waals surface area contributed by atoms with Gasteiger partial charge in [0, 0.05) is 20.4 Å². The van der Waals surface area contributed by atoms with E-state index in [1.54, 1.807) is 18.2 Å². The topological polar surface area (TPSA) is 29.1 Å². The first-order valence-corrected chi connectivity index (χ1v) is 7.45. The highest BCUT2D eigenvalue weighted by molar-refractivity contribution is 7.20. The maximum Gasteiger partial charge on any atom is 0.265 e. The van der Waals surface area contributed by atoms with Crippen LogP contribution in [0.25, 0.3) is 10.1 Å². The average molecular weight is 322 g/mol. The van der Waals surface area contributed by atoms with Crippen molar-refractivity contribution < 1.29 is 4.79 Å². The van der Waals surface area contributed by atoms with Gasteiger partial charge < -0.3 is 5.32 Å². The summed E-state index contributed by atoms with van der Waals surface area (Å²) in [6.07, 6.45) is 0. The Balaban J connectivity index is 1.88. The van der Waals surface area contributed by atoms with Gasteiger partial charge >= 0.3 is 0 Å². The minimum absolute atomic E-state index is 0.162. The number of nitrogens with one attached hydrogen (secondary N) is 1. The molecule has 3 rings (SSSR count). The highest BCUT2D eigenvalue weighted by Crippen LogP contribution is 2.27. The van der Waals surface area contributed by atoms with Gasteiger partial charge in [0.2, 0.25) is 0 Å². The second-order valence-electron chi connectivity index (χ2n) is 4.26. The van der Waals surface area contributed by atoms with Crippen LogP contribution in [0.4, 0.5) is 5.69 Å². The predicted octanol–water partition coefficient (Wildman–Crippen LogP) is 5.46. The quantitative estimate of drug-likeness (QED) is 0.667. The zero-order valence-electron chi connectivity index (χ0n) is 10.2. The fourth-order valence-corrected chi connectivity index (χ4v) is 3.40. The third-order valence-electron chi connectivity index (χ3n) is 2.77. The second kappa shape index (κ2) is 5.44. The van der Waals surface area contributed by atoms with E-state index in [1.165, 1.54) is 11.3 Å². The lowest BCUT2D eigenvalue weighted by molar-refractivity contribution is 0.103. The number of carbonyl (C=O) groups excluding carboxylic acids is 1. The van der Waals surface area contributed by atoms with Crippen molar-refractivity contribution in [1.29, 1.82) is 0 Å². The van der Waals surface area contributed by atoms with Crippen LogP contribution in [0, 0.1) is 0 Å². The minimum Gasteiger partial charge on any atom is -0.321 e. The molecule has 0 saturated heterocycles. The van der Waals surface area contributed by atoms with Crippen molar-refractivity contribution in [3.05, 3.63) is 63.5 Å². The number of fused-ring (bicyclic) bond motifs is 1. The fraction of sp³-hybridized carbons (Fsp3) is 0. The molecule has 3 aromatic rings. The summed E-state index contributed by atoms with van der Waals surface area (Å²) in [7, 11) is 0. The maximum absolute atomic E-state index is 12.2. The van der Waals surface area contributed by atoms with Crippen LogP contribution in [0.15, 0.2) is 48.5 Å². The van der Waals surface area contributed by atoms with Crippen LogP contribution in [0.2, 0.25) is 10.0 Å². The Kier molecular flexibility index (Phi) is 3.66. The third-order valence-corrected chi connectivity index (χ3v) is 4.32. The predicted molar refractivity (Wildman–Crippen MR) is 86.2 cm³/mol. The number of hydrogen-bond acceptors (Lipinski definition) is 2. The summed E-state index contributed by atoms with van der Waals surface area (Å²) in [4.78, 5) is 12.9. The Morgan fingerprint density at radius 2 is 1.70 bits per heavy atom. The van der Waals surface area contributed by atoms with Crippen LogP contribution in [0.5, 0.6) is 0 Å². The molecule has 0 atom stereocenters. The number of benzene rings is 2. The number of carbonyl (C=O) groups is 1. The number of halogens is 2. The van der Waals surface area contributed by atoms with Gasteiger partial charge in [-0.15, -0.1) is 11.3 Å². The molecule has 0 fully saturated rings. The molecule has 0 aliphatic heterocycles. The van der Waals surface area contributed by atoms with Crippen LogP contribution >= 0.6 is 34.5 Å². The van der Waals surface area contributed by atoms with Gasteiger partial charge in [-0.2, -0.15) is 0 Å².